The summed E-state index contributed by atoms with van der Waals surface area (Å²) in [5, 5.41) is 2.95. The minimum Gasteiger partial charge on any atom is -0.436 e. The lowest BCUT2D eigenvalue weighted by atomic mass is 9.99. The number of amides is 1. The summed E-state index contributed by atoms with van der Waals surface area (Å²) < 4.78 is 5.99. The molecule has 1 N–H and O–H groups in total. The lowest BCUT2D eigenvalue weighted by molar-refractivity contribution is 0.0952. The van der Waals surface area contributed by atoms with E-state index in [2.05, 4.69) is 41.0 Å². The molecule has 28 heavy (non-hydrogen) atoms. The van der Waals surface area contributed by atoms with Crippen molar-refractivity contribution in [1.82, 2.24) is 15.3 Å². The number of rotatable bonds is 7. The van der Waals surface area contributed by atoms with Crippen LogP contribution in [0.4, 0.5) is 5.82 Å². The molecule has 2 aromatic rings. The maximum absolute atomic E-state index is 12.2. The number of carbonyl (C=O) groups excluding carboxylic acids is 1. The Morgan fingerprint density at radius 2 is 1.86 bits per heavy atom. The molecule has 1 amide bonds. The van der Waals surface area contributed by atoms with Crippen molar-refractivity contribution in [2.75, 3.05) is 24.5 Å². The van der Waals surface area contributed by atoms with E-state index in [-0.39, 0.29) is 5.91 Å². The molecule has 0 aliphatic carbocycles. The Bertz CT molecular complexity index is 768. The Labute approximate surface area is 167 Å². The van der Waals surface area contributed by atoms with E-state index < -0.39 is 0 Å². The third-order valence-corrected chi connectivity index (χ3v) is 5.07. The molecule has 0 spiro atoms. The van der Waals surface area contributed by atoms with E-state index in [1.54, 1.807) is 36.7 Å². The molecule has 0 bridgehead atoms. The molecule has 0 atom stereocenters. The number of nitrogens with zero attached hydrogens (tertiary/aromatic N) is 3. The summed E-state index contributed by atoms with van der Waals surface area (Å²) in [6.07, 6.45) is 6.61. The zero-order valence-corrected chi connectivity index (χ0v) is 17.0. The fraction of sp³-hybridized carbons (Fsp3) is 0.500. The number of hydrogen-bond acceptors (Lipinski definition) is 5. The highest BCUT2D eigenvalue weighted by Gasteiger charge is 2.21. The molecule has 6 heteroatoms. The molecule has 1 aromatic carbocycles. The number of anilines is 1. The number of carbonyl (C=O) groups is 1. The van der Waals surface area contributed by atoms with E-state index in [1.165, 1.54) is 0 Å². The molecule has 6 nitrogen and oxygen atoms in total. The molecule has 1 fully saturated rings. The first kappa shape index (κ1) is 20.1. The smallest absolute Gasteiger partial charge is 0.263 e. The van der Waals surface area contributed by atoms with Gasteiger partial charge in [0.05, 0.1) is 0 Å². The van der Waals surface area contributed by atoms with Gasteiger partial charge in [-0.3, -0.25) is 4.79 Å². The third kappa shape index (κ3) is 5.44. The molecule has 0 unspecified atom stereocenters. The molecule has 1 aromatic heterocycles. The monoisotopic (exact) mass is 382 g/mol. The number of aromatic nitrogens is 2. The number of benzene rings is 1. The second-order valence-corrected chi connectivity index (χ2v) is 7.92. The second kappa shape index (κ2) is 9.53. The van der Waals surface area contributed by atoms with Crippen LogP contribution in [0.3, 0.4) is 0 Å². The average Bonchev–Trinajstić information content (AvgIpc) is 2.69. The van der Waals surface area contributed by atoms with Gasteiger partial charge in [0.2, 0.25) is 0 Å². The van der Waals surface area contributed by atoms with Crippen LogP contribution in [0.1, 0.15) is 50.4 Å². The van der Waals surface area contributed by atoms with Crippen LogP contribution in [-0.2, 0) is 0 Å². The van der Waals surface area contributed by atoms with Gasteiger partial charge in [-0.05, 0) is 55.4 Å². The van der Waals surface area contributed by atoms with Crippen LogP contribution in [0, 0.1) is 11.8 Å². The lowest BCUT2D eigenvalue weighted by Crippen LogP contribution is -2.33. The van der Waals surface area contributed by atoms with Gasteiger partial charge < -0.3 is 15.0 Å². The van der Waals surface area contributed by atoms with E-state index in [1.807, 2.05) is 0 Å². The Morgan fingerprint density at radius 3 is 2.54 bits per heavy atom. The van der Waals surface area contributed by atoms with Crippen molar-refractivity contribution >= 4 is 11.7 Å². The van der Waals surface area contributed by atoms with Gasteiger partial charge in [0, 0.05) is 37.6 Å². The highest BCUT2D eigenvalue weighted by atomic mass is 16.5. The van der Waals surface area contributed by atoms with Crippen LogP contribution in [0.25, 0.3) is 0 Å². The van der Waals surface area contributed by atoms with Gasteiger partial charge in [-0.2, -0.15) is 0 Å². The summed E-state index contributed by atoms with van der Waals surface area (Å²) in [4.78, 5) is 23.3. The van der Waals surface area contributed by atoms with Crippen LogP contribution in [-0.4, -0.2) is 35.5 Å². The molecule has 0 saturated carbocycles. The Morgan fingerprint density at radius 1 is 1.18 bits per heavy atom. The highest BCUT2D eigenvalue weighted by molar-refractivity contribution is 5.94. The fourth-order valence-corrected chi connectivity index (χ4v) is 3.19. The number of ether oxygens (including phenoxy) is 1. The SMILES string of the molecule is CC(C)CCNC(=O)c1ccc(Oc2nccnc2N2CCC(C)CC2)cc1. The molecular formula is C22H30N4O2. The molecule has 1 aliphatic rings. The van der Waals surface area contributed by atoms with Crippen LogP contribution in [0.5, 0.6) is 11.6 Å². The predicted molar refractivity (Wildman–Crippen MR) is 111 cm³/mol. The summed E-state index contributed by atoms with van der Waals surface area (Å²) in [6, 6.07) is 7.15. The van der Waals surface area contributed by atoms with Gasteiger partial charge >= 0.3 is 0 Å². The standard InChI is InChI=1S/C22H30N4O2/c1-16(2)8-11-24-21(27)18-4-6-19(7-5-18)28-22-20(23-12-13-25-22)26-14-9-17(3)10-15-26/h4-7,12-13,16-17H,8-11,14-15H2,1-3H3,(H,24,27). The summed E-state index contributed by atoms with van der Waals surface area (Å²) in [5.41, 5.74) is 0.625. The van der Waals surface area contributed by atoms with Gasteiger partial charge in [-0.15, -0.1) is 0 Å². The summed E-state index contributed by atoms with van der Waals surface area (Å²) in [7, 11) is 0. The maximum atomic E-state index is 12.2. The van der Waals surface area contributed by atoms with Gasteiger partial charge in [-0.25, -0.2) is 9.97 Å². The van der Waals surface area contributed by atoms with Crippen molar-refractivity contribution in [1.29, 1.82) is 0 Å². The Hall–Kier alpha value is -2.63. The van der Waals surface area contributed by atoms with Gasteiger partial charge in [0.15, 0.2) is 5.82 Å². The van der Waals surface area contributed by atoms with Crippen molar-refractivity contribution in [3.63, 3.8) is 0 Å². The zero-order valence-electron chi connectivity index (χ0n) is 17.0. The van der Waals surface area contributed by atoms with Crippen molar-refractivity contribution in [3.8, 4) is 11.6 Å². The number of nitrogens with one attached hydrogen (secondary N) is 1. The van der Waals surface area contributed by atoms with E-state index >= 15 is 0 Å². The summed E-state index contributed by atoms with van der Waals surface area (Å²) >= 11 is 0. The average molecular weight is 383 g/mol. The normalized spacial score (nSPS) is 14.9. The first-order chi connectivity index (χ1) is 13.5. The number of piperidine rings is 1. The summed E-state index contributed by atoms with van der Waals surface area (Å²) in [6.45, 7) is 9.18. The molecule has 2 heterocycles. The molecule has 1 saturated heterocycles. The van der Waals surface area contributed by atoms with Gasteiger partial charge in [-0.1, -0.05) is 20.8 Å². The van der Waals surface area contributed by atoms with E-state index in [4.69, 9.17) is 4.74 Å². The first-order valence-corrected chi connectivity index (χ1v) is 10.1. The molecule has 150 valence electrons. The molecule has 0 radical (unpaired) electrons. The maximum Gasteiger partial charge on any atom is 0.263 e. The minimum atomic E-state index is -0.0603. The number of hydrogen-bond donors (Lipinski definition) is 1. The van der Waals surface area contributed by atoms with E-state index in [0.29, 0.717) is 29.7 Å². The van der Waals surface area contributed by atoms with E-state index in [9.17, 15) is 4.79 Å². The molecular weight excluding hydrogens is 352 g/mol. The highest BCUT2D eigenvalue weighted by Crippen LogP contribution is 2.30. The Balaban J connectivity index is 1.64. The van der Waals surface area contributed by atoms with Crippen molar-refractivity contribution in [2.24, 2.45) is 11.8 Å². The quantitative estimate of drug-likeness (QED) is 0.774. The fourth-order valence-electron chi connectivity index (χ4n) is 3.19. The topological polar surface area (TPSA) is 67.3 Å². The van der Waals surface area contributed by atoms with Gasteiger partial charge in [0.1, 0.15) is 5.75 Å². The lowest BCUT2D eigenvalue weighted by Gasteiger charge is -2.31. The Kier molecular flexibility index (Phi) is 6.85. The zero-order chi connectivity index (χ0) is 19.9. The van der Waals surface area contributed by atoms with Crippen LogP contribution in [0.2, 0.25) is 0 Å². The summed E-state index contributed by atoms with van der Waals surface area (Å²) in [5.74, 6) is 3.19. The van der Waals surface area contributed by atoms with Crippen molar-refractivity contribution in [3.05, 3.63) is 42.2 Å². The van der Waals surface area contributed by atoms with Crippen LogP contribution < -0.4 is 15.0 Å². The third-order valence-electron chi connectivity index (χ3n) is 5.07. The van der Waals surface area contributed by atoms with Crippen molar-refractivity contribution in [2.45, 2.75) is 40.0 Å². The second-order valence-electron chi connectivity index (χ2n) is 7.92. The molecule has 1 aliphatic heterocycles. The largest absolute Gasteiger partial charge is 0.436 e. The first-order valence-electron chi connectivity index (χ1n) is 10.1. The van der Waals surface area contributed by atoms with Crippen molar-refractivity contribution < 1.29 is 9.53 Å². The van der Waals surface area contributed by atoms with Crippen LogP contribution in [0.15, 0.2) is 36.7 Å². The van der Waals surface area contributed by atoms with Gasteiger partial charge in [0.25, 0.3) is 11.8 Å². The molecule has 3 rings (SSSR count). The van der Waals surface area contributed by atoms with E-state index in [0.717, 1.165) is 44.1 Å². The van der Waals surface area contributed by atoms with Crippen LogP contribution >= 0.6 is 0 Å². The minimum absolute atomic E-state index is 0.0603. The predicted octanol–water partition coefficient (Wildman–Crippen LogP) is 4.28.